The summed E-state index contributed by atoms with van der Waals surface area (Å²) in [5.41, 5.74) is 5.67. The number of hydrogen-bond acceptors (Lipinski definition) is 4. The molecule has 10 aromatic rings. The molecule has 5 heteroatoms. The summed E-state index contributed by atoms with van der Waals surface area (Å²) >= 11 is 0. The van der Waals surface area contributed by atoms with Crippen LogP contribution < -0.4 is 0 Å². The summed E-state index contributed by atoms with van der Waals surface area (Å²) in [4.78, 5) is 15.6. The van der Waals surface area contributed by atoms with Crippen LogP contribution in [0.5, 0.6) is 0 Å². The normalized spacial score (nSPS) is 11.9. The molecule has 0 bridgehead atoms. The molecule has 0 aliphatic heterocycles. The van der Waals surface area contributed by atoms with Gasteiger partial charge in [0.1, 0.15) is 11.2 Å². The lowest BCUT2D eigenvalue weighted by Crippen LogP contribution is -2.06. The van der Waals surface area contributed by atoms with E-state index in [2.05, 4.69) is 120 Å². The Morgan fingerprint density at radius 2 is 1.15 bits per heavy atom. The highest BCUT2D eigenvalue weighted by Crippen LogP contribution is 2.39. The average Bonchev–Trinajstić information content (AvgIpc) is 3.65. The summed E-state index contributed by atoms with van der Waals surface area (Å²) < 4.78 is 8.48. The summed E-state index contributed by atoms with van der Waals surface area (Å²) in [6.45, 7) is 0. The van der Waals surface area contributed by atoms with Crippen molar-refractivity contribution in [2.24, 2.45) is 0 Å². The van der Waals surface area contributed by atoms with Gasteiger partial charge < -0.3 is 4.42 Å². The lowest BCUT2D eigenvalue weighted by Gasteiger charge is -2.13. The molecular formula is C41H24N4O. The number of aromatic nitrogens is 4. The number of furan rings is 1. The predicted octanol–water partition coefficient (Wildman–Crippen LogP) is 10.5. The van der Waals surface area contributed by atoms with Gasteiger partial charge in [-0.2, -0.15) is 9.97 Å². The maximum absolute atomic E-state index is 6.30. The Bertz CT molecular complexity index is 2810. The minimum atomic E-state index is 0.569. The Balaban J connectivity index is 1.33. The van der Waals surface area contributed by atoms with Gasteiger partial charge in [0.2, 0.25) is 5.95 Å². The number of para-hydroxylation sites is 2. The van der Waals surface area contributed by atoms with Crippen LogP contribution in [0.1, 0.15) is 0 Å². The molecule has 0 radical (unpaired) electrons. The molecule has 5 nitrogen and oxygen atoms in total. The molecule has 0 N–H and O–H groups in total. The highest BCUT2D eigenvalue weighted by molar-refractivity contribution is 6.17. The van der Waals surface area contributed by atoms with E-state index in [-0.39, 0.29) is 0 Å². The van der Waals surface area contributed by atoms with Gasteiger partial charge in [0.15, 0.2) is 11.6 Å². The van der Waals surface area contributed by atoms with Crippen molar-refractivity contribution in [3.63, 3.8) is 0 Å². The zero-order valence-electron chi connectivity index (χ0n) is 24.6. The van der Waals surface area contributed by atoms with Gasteiger partial charge in [0.25, 0.3) is 0 Å². The lowest BCUT2D eigenvalue weighted by atomic mass is 9.97. The Labute approximate surface area is 263 Å². The molecule has 0 spiro atoms. The van der Waals surface area contributed by atoms with E-state index in [1.807, 2.05) is 30.3 Å². The number of nitrogens with zero attached hydrogens (tertiary/aromatic N) is 4. The van der Waals surface area contributed by atoms with Crippen LogP contribution >= 0.6 is 0 Å². The first-order valence-corrected chi connectivity index (χ1v) is 15.4. The summed E-state index contributed by atoms with van der Waals surface area (Å²) in [6.07, 6.45) is 0. The first kappa shape index (κ1) is 25.0. The van der Waals surface area contributed by atoms with E-state index < -0.39 is 0 Å². The fraction of sp³-hybridized carbons (Fsp3) is 0. The molecule has 3 aromatic heterocycles. The van der Waals surface area contributed by atoms with Crippen LogP contribution in [0.25, 0.3) is 94.0 Å². The van der Waals surface area contributed by atoms with E-state index in [0.717, 1.165) is 65.6 Å². The summed E-state index contributed by atoms with van der Waals surface area (Å²) in [5, 5.41) is 8.96. The highest BCUT2D eigenvalue weighted by Gasteiger charge is 2.20. The SMILES string of the molecule is c1ccc(-c2nc(-c3cccc4ccc5ccccc5c34)nc(-n3c4ccccc4c4cc5oc6ccccc6c5cc43)n2)cc1. The van der Waals surface area contributed by atoms with E-state index in [0.29, 0.717) is 17.6 Å². The Morgan fingerprint density at radius 3 is 2.07 bits per heavy atom. The molecule has 0 fully saturated rings. The van der Waals surface area contributed by atoms with Gasteiger partial charge in [-0.15, -0.1) is 0 Å². The fourth-order valence-corrected chi connectivity index (χ4v) is 6.95. The third-order valence-electron chi connectivity index (χ3n) is 9.04. The van der Waals surface area contributed by atoms with Crippen molar-refractivity contribution in [2.75, 3.05) is 0 Å². The van der Waals surface area contributed by atoms with E-state index in [1.165, 1.54) is 10.8 Å². The van der Waals surface area contributed by atoms with Gasteiger partial charge >= 0.3 is 0 Å². The second-order valence-corrected chi connectivity index (χ2v) is 11.7. The van der Waals surface area contributed by atoms with Crippen LogP contribution in [0.15, 0.2) is 150 Å². The molecule has 3 heterocycles. The van der Waals surface area contributed by atoms with Crippen LogP contribution in [-0.4, -0.2) is 19.5 Å². The van der Waals surface area contributed by atoms with Crippen LogP contribution in [0.2, 0.25) is 0 Å². The van der Waals surface area contributed by atoms with Crippen LogP contribution in [0.3, 0.4) is 0 Å². The smallest absolute Gasteiger partial charge is 0.238 e. The minimum absolute atomic E-state index is 0.569. The van der Waals surface area contributed by atoms with Crippen molar-refractivity contribution in [2.45, 2.75) is 0 Å². The lowest BCUT2D eigenvalue weighted by molar-refractivity contribution is 0.669. The molecule has 0 amide bonds. The topological polar surface area (TPSA) is 56.7 Å². The van der Waals surface area contributed by atoms with Crippen molar-refractivity contribution in [3.05, 3.63) is 146 Å². The standard InChI is InChI=1S/C41H24N4O/c1-2-12-27(13-3-1)39-42-40(31-18-10-14-26-22-21-25-11-4-5-15-28(25)38(26)31)44-41(43-39)45-34-19-8-6-16-29(34)32-24-37-33(23-35(32)45)30-17-7-9-20-36(30)46-37/h1-24H. The van der Waals surface area contributed by atoms with Gasteiger partial charge in [0, 0.05) is 38.1 Å². The summed E-state index contributed by atoms with van der Waals surface area (Å²) in [7, 11) is 0. The van der Waals surface area contributed by atoms with Gasteiger partial charge in [-0.3, -0.25) is 4.57 Å². The van der Waals surface area contributed by atoms with E-state index in [4.69, 9.17) is 19.4 Å². The monoisotopic (exact) mass is 588 g/mol. The molecule has 46 heavy (non-hydrogen) atoms. The predicted molar refractivity (Wildman–Crippen MR) is 187 cm³/mol. The number of benzene rings is 7. The molecule has 0 aliphatic rings. The van der Waals surface area contributed by atoms with Crippen molar-refractivity contribution >= 4 is 65.3 Å². The van der Waals surface area contributed by atoms with Crippen molar-refractivity contribution < 1.29 is 4.42 Å². The Morgan fingerprint density at radius 1 is 0.435 bits per heavy atom. The second kappa shape index (κ2) is 9.58. The summed E-state index contributed by atoms with van der Waals surface area (Å²) in [6, 6.07) is 50.3. The molecule has 0 unspecified atom stereocenters. The molecule has 0 saturated heterocycles. The zero-order valence-corrected chi connectivity index (χ0v) is 24.6. The van der Waals surface area contributed by atoms with Gasteiger partial charge in [-0.05, 0) is 40.4 Å². The second-order valence-electron chi connectivity index (χ2n) is 11.7. The first-order valence-electron chi connectivity index (χ1n) is 15.4. The third kappa shape index (κ3) is 3.66. The average molecular weight is 589 g/mol. The third-order valence-corrected chi connectivity index (χ3v) is 9.04. The van der Waals surface area contributed by atoms with Crippen molar-refractivity contribution in [1.82, 2.24) is 19.5 Å². The molecule has 7 aromatic carbocycles. The number of rotatable bonds is 3. The molecule has 10 rings (SSSR count). The summed E-state index contributed by atoms with van der Waals surface area (Å²) in [5.74, 6) is 1.82. The highest BCUT2D eigenvalue weighted by atomic mass is 16.3. The van der Waals surface area contributed by atoms with Gasteiger partial charge in [-0.25, -0.2) is 4.98 Å². The van der Waals surface area contributed by atoms with Gasteiger partial charge in [-0.1, -0.05) is 121 Å². The minimum Gasteiger partial charge on any atom is -0.456 e. The van der Waals surface area contributed by atoms with Crippen LogP contribution in [0, 0.1) is 0 Å². The van der Waals surface area contributed by atoms with Crippen LogP contribution in [-0.2, 0) is 0 Å². The quantitative estimate of drug-likeness (QED) is 0.193. The largest absolute Gasteiger partial charge is 0.456 e. The molecular weight excluding hydrogens is 564 g/mol. The fourth-order valence-electron chi connectivity index (χ4n) is 6.95. The maximum atomic E-state index is 6.30. The molecule has 0 atom stereocenters. The van der Waals surface area contributed by atoms with Crippen molar-refractivity contribution in [1.29, 1.82) is 0 Å². The van der Waals surface area contributed by atoms with E-state index in [1.54, 1.807) is 0 Å². The molecule has 0 saturated carbocycles. The molecule has 0 aliphatic carbocycles. The Hall–Kier alpha value is -6.33. The van der Waals surface area contributed by atoms with Crippen molar-refractivity contribution in [3.8, 4) is 28.7 Å². The maximum Gasteiger partial charge on any atom is 0.238 e. The zero-order chi connectivity index (χ0) is 30.2. The van der Waals surface area contributed by atoms with E-state index >= 15 is 0 Å². The number of hydrogen-bond donors (Lipinski definition) is 0. The van der Waals surface area contributed by atoms with Crippen LogP contribution in [0.4, 0.5) is 0 Å². The van der Waals surface area contributed by atoms with E-state index in [9.17, 15) is 0 Å². The Kier molecular flexibility index (Phi) is 5.22. The first-order chi connectivity index (χ1) is 22.8. The molecule has 214 valence electrons. The number of fused-ring (bicyclic) bond motifs is 9. The van der Waals surface area contributed by atoms with Gasteiger partial charge in [0.05, 0.1) is 11.0 Å².